The Balaban J connectivity index is 1.68. The van der Waals surface area contributed by atoms with Crippen LogP contribution in [0.15, 0.2) is 24.3 Å². The van der Waals surface area contributed by atoms with Crippen molar-refractivity contribution in [1.82, 2.24) is 0 Å². The number of benzene rings is 1. The van der Waals surface area contributed by atoms with Crippen molar-refractivity contribution in [3.63, 3.8) is 0 Å². The summed E-state index contributed by atoms with van der Waals surface area (Å²) in [4.78, 5) is 0. The maximum Gasteiger partial charge on any atom is 0.192 e. The molecule has 2 fully saturated rings. The van der Waals surface area contributed by atoms with E-state index in [9.17, 15) is 0 Å². The Labute approximate surface area is 193 Å². The van der Waals surface area contributed by atoms with E-state index in [4.69, 9.17) is 32.8 Å². The van der Waals surface area contributed by atoms with Gasteiger partial charge >= 0.3 is 0 Å². The number of methoxy groups -OCH3 is 2. The summed E-state index contributed by atoms with van der Waals surface area (Å²) < 4.78 is 42.3. The highest BCUT2D eigenvalue weighted by Gasteiger charge is 2.58. The molecule has 8 heteroatoms. The van der Waals surface area contributed by atoms with Crippen molar-refractivity contribution in [3.8, 4) is 5.75 Å². The molecule has 0 aliphatic carbocycles. The molecule has 2 aliphatic heterocycles. The fourth-order valence-electron chi connectivity index (χ4n) is 3.73. The van der Waals surface area contributed by atoms with E-state index in [2.05, 4.69) is 33.9 Å². The lowest BCUT2D eigenvalue weighted by atomic mass is 10.1. The first kappa shape index (κ1) is 25.6. The van der Waals surface area contributed by atoms with Crippen molar-refractivity contribution in [2.75, 3.05) is 20.8 Å². The van der Waals surface area contributed by atoms with E-state index in [1.54, 1.807) is 14.2 Å². The number of rotatable bonds is 9. The summed E-state index contributed by atoms with van der Waals surface area (Å²) >= 11 is 0. The van der Waals surface area contributed by atoms with Gasteiger partial charge in [-0.2, -0.15) is 0 Å². The van der Waals surface area contributed by atoms with Gasteiger partial charge in [-0.25, -0.2) is 0 Å². The number of hydrogen-bond acceptors (Lipinski definition) is 7. The van der Waals surface area contributed by atoms with Gasteiger partial charge in [0.15, 0.2) is 20.4 Å². The molecule has 182 valence electrons. The Kier molecular flexibility index (Phi) is 7.76. The van der Waals surface area contributed by atoms with Crippen LogP contribution in [-0.2, 0) is 34.7 Å². The highest BCUT2D eigenvalue weighted by Crippen LogP contribution is 2.42. The highest BCUT2D eigenvalue weighted by atomic mass is 28.4. The summed E-state index contributed by atoms with van der Waals surface area (Å²) in [5, 5.41) is 0.114. The topological polar surface area (TPSA) is 64.6 Å². The SMILES string of the molecule is COc1ccc(CO[C@H]2O[C@H]([C@@H](CO[Si](C)(C)C(C)(C)C)OC)[C@@H]3OC(C)(C)O[C@H]23)cc1. The average Bonchev–Trinajstić information content (AvgIpc) is 3.20. The zero-order valence-corrected chi connectivity index (χ0v) is 22.0. The first-order valence-electron chi connectivity index (χ1n) is 11.3. The molecule has 3 rings (SSSR count). The molecule has 2 saturated heterocycles. The van der Waals surface area contributed by atoms with E-state index in [1.165, 1.54) is 0 Å². The minimum Gasteiger partial charge on any atom is -0.497 e. The Bertz CT molecular complexity index is 744. The summed E-state index contributed by atoms with van der Waals surface area (Å²) in [7, 11) is 1.41. The van der Waals surface area contributed by atoms with Crippen LogP contribution in [0.2, 0.25) is 18.1 Å². The molecule has 0 saturated carbocycles. The van der Waals surface area contributed by atoms with Gasteiger partial charge in [-0.1, -0.05) is 32.9 Å². The minimum atomic E-state index is -1.93. The molecule has 0 aromatic heterocycles. The standard InChI is InChI=1S/C24H40O7Si/c1-23(2,3)32(8,9)28-15-18(26-7)19-20-21(31-24(4,5)30-20)22(29-19)27-14-16-10-12-17(25-6)13-11-16/h10-13,18-22H,14-15H2,1-9H3/t18-,19-,20+,21+,22+/m1/s1. The van der Waals surface area contributed by atoms with Crippen molar-refractivity contribution < 1.29 is 32.8 Å². The van der Waals surface area contributed by atoms with E-state index >= 15 is 0 Å². The third-order valence-corrected chi connectivity index (χ3v) is 11.2. The van der Waals surface area contributed by atoms with E-state index in [0.29, 0.717) is 13.2 Å². The normalized spacial score (nSPS) is 28.5. The minimum absolute atomic E-state index is 0.114. The van der Waals surface area contributed by atoms with Gasteiger partial charge in [0.05, 0.1) is 20.3 Å². The van der Waals surface area contributed by atoms with Gasteiger partial charge in [-0.05, 0) is 49.7 Å². The molecule has 0 bridgehead atoms. The molecule has 2 aliphatic rings. The maximum atomic E-state index is 6.43. The maximum absolute atomic E-state index is 6.43. The monoisotopic (exact) mass is 468 g/mol. The molecule has 0 unspecified atom stereocenters. The first-order valence-corrected chi connectivity index (χ1v) is 14.2. The molecule has 1 aromatic rings. The quantitative estimate of drug-likeness (QED) is 0.495. The molecule has 0 amide bonds. The molecule has 2 heterocycles. The van der Waals surface area contributed by atoms with Crippen LogP contribution in [0.4, 0.5) is 0 Å². The van der Waals surface area contributed by atoms with Gasteiger partial charge in [0.2, 0.25) is 0 Å². The summed E-state index contributed by atoms with van der Waals surface area (Å²) in [5.74, 6) is 0.0995. The van der Waals surface area contributed by atoms with Gasteiger partial charge < -0.3 is 32.8 Å². The van der Waals surface area contributed by atoms with E-state index < -0.39 is 20.4 Å². The van der Waals surface area contributed by atoms with Gasteiger partial charge in [-0.3, -0.25) is 0 Å². The van der Waals surface area contributed by atoms with Gasteiger partial charge in [0.25, 0.3) is 0 Å². The van der Waals surface area contributed by atoms with E-state index in [1.807, 2.05) is 38.1 Å². The second-order valence-corrected chi connectivity index (χ2v) is 15.3. The lowest BCUT2D eigenvalue weighted by Crippen LogP contribution is -2.47. The Morgan fingerprint density at radius 2 is 1.66 bits per heavy atom. The number of ether oxygens (including phenoxy) is 6. The lowest BCUT2D eigenvalue weighted by Gasteiger charge is -2.38. The predicted octanol–water partition coefficient (Wildman–Crippen LogP) is 4.49. The summed E-state index contributed by atoms with van der Waals surface area (Å²) in [6.07, 6.45) is -1.82. The largest absolute Gasteiger partial charge is 0.497 e. The Hall–Kier alpha value is -1.00. The first-order chi connectivity index (χ1) is 14.9. The van der Waals surface area contributed by atoms with Gasteiger partial charge in [-0.15, -0.1) is 0 Å². The Morgan fingerprint density at radius 1 is 1.03 bits per heavy atom. The van der Waals surface area contributed by atoms with Crippen molar-refractivity contribution in [3.05, 3.63) is 29.8 Å². The van der Waals surface area contributed by atoms with E-state index in [-0.39, 0.29) is 29.5 Å². The molecule has 5 atom stereocenters. The van der Waals surface area contributed by atoms with Crippen LogP contribution in [0, 0.1) is 0 Å². The fraction of sp³-hybridized carbons (Fsp3) is 0.750. The predicted molar refractivity (Wildman–Crippen MR) is 124 cm³/mol. The number of hydrogen-bond donors (Lipinski definition) is 0. The van der Waals surface area contributed by atoms with Crippen LogP contribution in [0.1, 0.15) is 40.2 Å². The van der Waals surface area contributed by atoms with E-state index in [0.717, 1.165) is 11.3 Å². The van der Waals surface area contributed by atoms with Crippen molar-refractivity contribution in [2.45, 2.75) is 95.9 Å². The molecule has 0 radical (unpaired) electrons. The highest BCUT2D eigenvalue weighted by molar-refractivity contribution is 6.74. The smallest absolute Gasteiger partial charge is 0.192 e. The lowest BCUT2D eigenvalue weighted by molar-refractivity contribution is -0.248. The zero-order chi connectivity index (χ0) is 23.7. The van der Waals surface area contributed by atoms with Crippen molar-refractivity contribution >= 4 is 8.32 Å². The molecule has 32 heavy (non-hydrogen) atoms. The third kappa shape index (κ3) is 5.73. The van der Waals surface area contributed by atoms with Gasteiger partial charge in [0.1, 0.15) is 30.2 Å². The van der Waals surface area contributed by atoms with Crippen molar-refractivity contribution in [1.29, 1.82) is 0 Å². The molecular formula is C24H40O7Si. The van der Waals surface area contributed by atoms with Crippen LogP contribution in [0.5, 0.6) is 5.75 Å². The summed E-state index contributed by atoms with van der Waals surface area (Å²) in [6.45, 7) is 15.8. The van der Waals surface area contributed by atoms with Crippen LogP contribution < -0.4 is 4.74 Å². The zero-order valence-electron chi connectivity index (χ0n) is 21.0. The average molecular weight is 469 g/mol. The van der Waals surface area contributed by atoms with Crippen LogP contribution in [-0.4, -0.2) is 65.6 Å². The second kappa shape index (κ2) is 9.70. The van der Waals surface area contributed by atoms with Gasteiger partial charge in [0, 0.05) is 7.11 Å². The number of fused-ring (bicyclic) bond motifs is 1. The molecule has 0 N–H and O–H groups in total. The Morgan fingerprint density at radius 3 is 2.22 bits per heavy atom. The molecule has 7 nitrogen and oxygen atoms in total. The van der Waals surface area contributed by atoms with Crippen LogP contribution in [0.25, 0.3) is 0 Å². The second-order valence-electron chi connectivity index (χ2n) is 10.5. The summed E-state index contributed by atoms with van der Waals surface area (Å²) in [5.41, 5.74) is 1.03. The fourth-order valence-corrected chi connectivity index (χ4v) is 4.74. The molecule has 1 aromatic carbocycles. The third-order valence-electron chi connectivity index (χ3n) is 6.70. The molecular weight excluding hydrogens is 428 g/mol. The molecule has 0 spiro atoms. The summed E-state index contributed by atoms with van der Waals surface area (Å²) in [6, 6.07) is 7.78. The van der Waals surface area contributed by atoms with Crippen LogP contribution in [0.3, 0.4) is 0 Å². The van der Waals surface area contributed by atoms with Crippen molar-refractivity contribution in [2.24, 2.45) is 0 Å². The van der Waals surface area contributed by atoms with Crippen LogP contribution >= 0.6 is 0 Å².